The first kappa shape index (κ1) is 21.4. The van der Waals surface area contributed by atoms with Gasteiger partial charge in [0.15, 0.2) is 5.65 Å². The number of pyridine rings is 2. The fraction of sp³-hybridized carbons (Fsp3) is 0.412. The number of hydrogen-bond acceptors (Lipinski definition) is 8. The summed E-state index contributed by atoms with van der Waals surface area (Å²) in [4.78, 5) is 41.5. The second kappa shape index (κ2) is 7.99. The number of hydrogen-bond donors (Lipinski definition) is 2. The van der Waals surface area contributed by atoms with Gasteiger partial charge in [0.1, 0.15) is 11.2 Å². The van der Waals surface area contributed by atoms with E-state index in [1.807, 2.05) is 0 Å². The van der Waals surface area contributed by atoms with Crippen LogP contribution in [0.1, 0.15) is 38.1 Å². The molecule has 2 heterocycles. The lowest BCUT2D eigenvalue weighted by Crippen LogP contribution is -2.42. The summed E-state index contributed by atoms with van der Waals surface area (Å²) in [7, 11) is -0.483. The van der Waals surface area contributed by atoms with E-state index in [1.54, 1.807) is 27.7 Å². The molecule has 2 N–H and O–H groups in total. The lowest BCUT2D eigenvalue weighted by Gasteiger charge is -2.26. The average molecular weight is 391 g/mol. The molecule has 0 spiro atoms. The van der Waals surface area contributed by atoms with Crippen LogP contribution in [0.5, 0.6) is 0 Å². The van der Waals surface area contributed by atoms with Crippen molar-refractivity contribution in [2.75, 3.05) is 18.7 Å². The van der Waals surface area contributed by atoms with E-state index in [9.17, 15) is 24.4 Å². The van der Waals surface area contributed by atoms with Crippen LogP contribution in [0.15, 0.2) is 23.3 Å². The Morgan fingerprint density at radius 3 is 2.50 bits per heavy atom. The molecule has 0 radical (unpaired) electrons. The standard InChI is InChI=1S/C17H22BN3O7/c1-6-27-15(23)12-9-21(20(5)16(24)28-17(2,3)4)14-11(13(12)22)7-10(8-19-14)18(25)26/h7-9,25-26H,6H2,1-5H3. The molecule has 150 valence electrons. The summed E-state index contributed by atoms with van der Waals surface area (Å²) in [6.45, 7) is 6.72. The molecule has 1 amide bonds. The van der Waals surface area contributed by atoms with Crippen molar-refractivity contribution in [2.45, 2.75) is 33.3 Å². The molecule has 0 atom stereocenters. The summed E-state index contributed by atoms with van der Waals surface area (Å²) in [5.74, 6) is -0.879. The lowest BCUT2D eigenvalue weighted by molar-refractivity contribution is 0.0513. The molecule has 2 rings (SSSR count). The number of nitrogens with zero attached hydrogens (tertiary/aromatic N) is 3. The Morgan fingerprint density at radius 2 is 1.96 bits per heavy atom. The van der Waals surface area contributed by atoms with Gasteiger partial charge in [0.05, 0.1) is 12.0 Å². The van der Waals surface area contributed by atoms with Crippen LogP contribution in [0.3, 0.4) is 0 Å². The molecule has 0 unspecified atom stereocenters. The molecule has 10 nitrogen and oxygen atoms in total. The third kappa shape index (κ3) is 4.49. The predicted octanol–water partition coefficient (Wildman–Crippen LogP) is -0.244. The zero-order valence-corrected chi connectivity index (χ0v) is 16.3. The summed E-state index contributed by atoms with van der Waals surface area (Å²) in [6, 6.07) is 1.19. The number of ether oxygens (including phenoxy) is 2. The number of esters is 1. The first-order chi connectivity index (χ1) is 13.0. The van der Waals surface area contributed by atoms with E-state index in [0.29, 0.717) is 0 Å². The monoisotopic (exact) mass is 391 g/mol. The molecule has 2 aromatic rings. The van der Waals surface area contributed by atoms with Crippen molar-refractivity contribution >= 4 is 35.7 Å². The summed E-state index contributed by atoms with van der Waals surface area (Å²) >= 11 is 0. The van der Waals surface area contributed by atoms with Gasteiger partial charge in [-0.3, -0.25) is 4.79 Å². The molecule has 0 saturated carbocycles. The van der Waals surface area contributed by atoms with Gasteiger partial charge in [-0.1, -0.05) is 0 Å². The fourth-order valence-electron chi connectivity index (χ4n) is 2.35. The van der Waals surface area contributed by atoms with E-state index >= 15 is 0 Å². The van der Waals surface area contributed by atoms with E-state index in [1.165, 1.54) is 17.8 Å². The normalized spacial score (nSPS) is 11.2. The van der Waals surface area contributed by atoms with Gasteiger partial charge in [-0.15, -0.1) is 0 Å². The maximum Gasteiger partial charge on any atom is 0.490 e. The first-order valence-electron chi connectivity index (χ1n) is 8.51. The number of rotatable bonds is 4. The Bertz CT molecular complexity index is 966. The second-order valence-corrected chi connectivity index (χ2v) is 6.95. The predicted molar refractivity (Wildman–Crippen MR) is 102 cm³/mol. The van der Waals surface area contributed by atoms with Crippen molar-refractivity contribution in [1.82, 2.24) is 9.66 Å². The third-order valence-electron chi connectivity index (χ3n) is 3.62. The Labute approximate surface area is 161 Å². The molecule has 11 heteroatoms. The minimum absolute atomic E-state index is 0.0239. The van der Waals surface area contributed by atoms with E-state index < -0.39 is 30.2 Å². The summed E-state index contributed by atoms with van der Waals surface area (Å²) < 4.78 is 11.4. The zero-order chi connectivity index (χ0) is 21.2. The summed E-state index contributed by atoms with van der Waals surface area (Å²) in [6.07, 6.45) is 1.53. The van der Waals surface area contributed by atoms with Crippen molar-refractivity contribution in [3.05, 3.63) is 34.2 Å². The highest BCUT2D eigenvalue weighted by Gasteiger charge is 2.25. The highest BCUT2D eigenvalue weighted by atomic mass is 16.6. The van der Waals surface area contributed by atoms with Crippen LogP contribution in [-0.4, -0.2) is 58.1 Å². The molecule has 0 bridgehead atoms. The largest absolute Gasteiger partial charge is 0.490 e. The molecule has 28 heavy (non-hydrogen) atoms. The highest BCUT2D eigenvalue weighted by molar-refractivity contribution is 6.58. The number of carbonyl (C=O) groups excluding carboxylic acids is 2. The van der Waals surface area contributed by atoms with E-state index in [4.69, 9.17) is 9.47 Å². The van der Waals surface area contributed by atoms with Gasteiger partial charge in [0, 0.05) is 24.9 Å². The molecule has 0 aliphatic carbocycles. The number of carbonyl (C=O) groups is 2. The van der Waals surface area contributed by atoms with Crippen molar-refractivity contribution in [3.63, 3.8) is 0 Å². The number of aromatic nitrogens is 2. The number of amides is 1. The maximum atomic E-state index is 12.7. The van der Waals surface area contributed by atoms with Crippen LogP contribution in [-0.2, 0) is 9.47 Å². The van der Waals surface area contributed by atoms with Crippen LogP contribution in [0, 0.1) is 0 Å². The quantitative estimate of drug-likeness (QED) is 0.539. The van der Waals surface area contributed by atoms with Crippen LogP contribution >= 0.6 is 0 Å². The van der Waals surface area contributed by atoms with Crippen LogP contribution < -0.4 is 15.9 Å². The smallest absolute Gasteiger partial charge is 0.462 e. The van der Waals surface area contributed by atoms with Gasteiger partial charge in [0.2, 0.25) is 5.43 Å². The van der Waals surface area contributed by atoms with Gasteiger partial charge in [-0.25, -0.2) is 24.3 Å². The highest BCUT2D eigenvalue weighted by Crippen LogP contribution is 2.13. The van der Waals surface area contributed by atoms with E-state index in [2.05, 4.69) is 4.98 Å². The topological polar surface area (TPSA) is 131 Å². The Balaban J connectivity index is 2.73. The summed E-state index contributed by atoms with van der Waals surface area (Å²) in [5, 5.41) is 19.7. The molecular weight excluding hydrogens is 369 g/mol. The van der Waals surface area contributed by atoms with Gasteiger partial charge in [-0.05, 0) is 33.8 Å². The van der Waals surface area contributed by atoms with Gasteiger partial charge in [-0.2, -0.15) is 0 Å². The van der Waals surface area contributed by atoms with Crippen LogP contribution in [0.4, 0.5) is 4.79 Å². The molecule has 0 aromatic carbocycles. The Kier molecular flexibility index (Phi) is 6.10. The molecule has 0 fully saturated rings. The Hall–Kier alpha value is -2.92. The second-order valence-electron chi connectivity index (χ2n) is 6.95. The molecular formula is C17H22BN3O7. The van der Waals surface area contributed by atoms with E-state index in [-0.39, 0.29) is 28.7 Å². The minimum Gasteiger partial charge on any atom is -0.462 e. The maximum absolute atomic E-state index is 12.7. The van der Waals surface area contributed by atoms with Crippen molar-refractivity contribution < 1.29 is 29.1 Å². The SMILES string of the molecule is CCOC(=O)c1cn(N(C)C(=O)OC(C)(C)C)c2ncc(B(O)O)cc2c1=O. The lowest BCUT2D eigenvalue weighted by atomic mass is 9.81. The average Bonchev–Trinajstić information content (AvgIpc) is 2.59. The van der Waals surface area contributed by atoms with Gasteiger partial charge in [0.25, 0.3) is 0 Å². The van der Waals surface area contributed by atoms with Crippen LogP contribution in [0.25, 0.3) is 11.0 Å². The molecule has 2 aromatic heterocycles. The van der Waals surface area contributed by atoms with E-state index in [0.717, 1.165) is 17.4 Å². The van der Waals surface area contributed by atoms with Crippen molar-refractivity contribution in [2.24, 2.45) is 0 Å². The number of fused-ring (bicyclic) bond motifs is 1. The van der Waals surface area contributed by atoms with Crippen molar-refractivity contribution in [1.29, 1.82) is 0 Å². The first-order valence-corrected chi connectivity index (χ1v) is 8.51. The molecule has 0 aliphatic rings. The van der Waals surface area contributed by atoms with Gasteiger partial charge >= 0.3 is 19.2 Å². The van der Waals surface area contributed by atoms with Gasteiger partial charge < -0.3 is 19.5 Å². The molecule has 0 saturated heterocycles. The molecule has 0 aliphatic heterocycles. The summed E-state index contributed by atoms with van der Waals surface area (Å²) in [5.41, 5.74) is -1.84. The van der Waals surface area contributed by atoms with Crippen molar-refractivity contribution in [3.8, 4) is 0 Å². The fourth-order valence-corrected chi connectivity index (χ4v) is 2.35. The Morgan fingerprint density at radius 1 is 1.32 bits per heavy atom. The minimum atomic E-state index is -1.86. The zero-order valence-electron chi connectivity index (χ0n) is 16.3. The third-order valence-corrected chi connectivity index (χ3v) is 3.62. The van der Waals surface area contributed by atoms with Crippen LogP contribution in [0.2, 0.25) is 0 Å².